The minimum absolute atomic E-state index is 0.976. The normalized spacial score (nSPS) is 15.1. The van der Waals surface area contributed by atoms with Crippen molar-refractivity contribution in [3.63, 3.8) is 0 Å². The summed E-state index contributed by atoms with van der Waals surface area (Å²) in [5, 5.41) is 1.37. The van der Waals surface area contributed by atoms with Crippen LogP contribution in [-0.2, 0) is 12.8 Å². The lowest BCUT2D eigenvalue weighted by molar-refractivity contribution is 0.418. The van der Waals surface area contributed by atoms with E-state index in [1.165, 1.54) is 53.4 Å². The molecule has 0 atom stereocenters. The molecule has 0 spiro atoms. The fourth-order valence-electron chi connectivity index (χ4n) is 2.77. The van der Waals surface area contributed by atoms with Crippen LogP contribution in [0.2, 0.25) is 0 Å². The van der Waals surface area contributed by atoms with Crippen LogP contribution in [0.15, 0.2) is 12.1 Å². The van der Waals surface area contributed by atoms with E-state index >= 15 is 0 Å². The van der Waals surface area contributed by atoms with E-state index < -0.39 is 0 Å². The lowest BCUT2D eigenvalue weighted by Crippen LogP contribution is -1.99. The van der Waals surface area contributed by atoms with Gasteiger partial charge in [0.15, 0.2) is 0 Å². The molecule has 0 saturated heterocycles. The van der Waals surface area contributed by atoms with Gasteiger partial charge >= 0.3 is 0 Å². The molecule has 0 saturated carbocycles. The molecule has 1 aliphatic carbocycles. The summed E-state index contributed by atoms with van der Waals surface area (Å²) in [6, 6.07) is 4.38. The van der Waals surface area contributed by atoms with E-state index in [1.807, 2.05) is 0 Å². The zero-order valence-electron chi connectivity index (χ0n) is 9.89. The summed E-state index contributed by atoms with van der Waals surface area (Å²) in [6.45, 7) is 2.13. The van der Waals surface area contributed by atoms with Gasteiger partial charge in [-0.1, -0.05) is 0 Å². The van der Waals surface area contributed by atoms with E-state index in [4.69, 9.17) is 4.74 Å². The second-order valence-electron chi connectivity index (χ2n) is 4.68. The van der Waals surface area contributed by atoms with Crippen LogP contribution in [0.5, 0.6) is 5.75 Å². The summed E-state index contributed by atoms with van der Waals surface area (Å²) in [4.78, 5) is 3.54. The van der Waals surface area contributed by atoms with Crippen molar-refractivity contribution in [3.05, 3.63) is 29.0 Å². The number of aryl methyl sites for hydroxylation is 3. The number of aromatic amines is 1. The SMILES string of the molecule is COc1cc(C)cc2c3c([nH]c12)CCCC3. The van der Waals surface area contributed by atoms with E-state index in [2.05, 4.69) is 24.0 Å². The number of hydrogen-bond donors (Lipinski definition) is 1. The van der Waals surface area contributed by atoms with Crippen molar-refractivity contribution in [3.8, 4) is 5.75 Å². The molecule has 0 radical (unpaired) electrons. The van der Waals surface area contributed by atoms with E-state index in [-0.39, 0.29) is 0 Å². The number of hydrogen-bond acceptors (Lipinski definition) is 1. The molecule has 0 aliphatic heterocycles. The minimum atomic E-state index is 0.976. The summed E-state index contributed by atoms with van der Waals surface area (Å²) in [5.41, 5.74) is 5.39. The van der Waals surface area contributed by atoms with Gasteiger partial charge in [-0.15, -0.1) is 0 Å². The molecule has 1 N–H and O–H groups in total. The highest BCUT2D eigenvalue weighted by Crippen LogP contribution is 2.34. The van der Waals surface area contributed by atoms with Crippen molar-refractivity contribution in [2.24, 2.45) is 0 Å². The van der Waals surface area contributed by atoms with Crippen molar-refractivity contribution in [1.29, 1.82) is 0 Å². The average Bonchev–Trinajstić information content (AvgIpc) is 2.67. The summed E-state index contributed by atoms with van der Waals surface area (Å²) in [5.74, 6) is 0.976. The molecule has 2 heteroatoms. The first-order valence-corrected chi connectivity index (χ1v) is 5.97. The molecule has 0 fully saturated rings. The number of fused-ring (bicyclic) bond motifs is 3. The predicted molar refractivity (Wildman–Crippen MR) is 66.2 cm³/mol. The quantitative estimate of drug-likeness (QED) is 0.775. The lowest BCUT2D eigenvalue weighted by Gasteiger charge is -2.10. The second kappa shape index (κ2) is 3.55. The number of ether oxygens (including phenoxy) is 1. The fraction of sp³-hybridized carbons (Fsp3) is 0.429. The van der Waals surface area contributed by atoms with Crippen LogP contribution in [0, 0.1) is 6.92 Å². The molecule has 16 heavy (non-hydrogen) atoms. The summed E-state index contributed by atoms with van der Waals surface area (Å²) in [7, 11) is 1.74. The van der Waals surface area contributed by atoms with Crippen LogP contribution in [0.3, 0.4) is 0 Å². The van der Waals surface area contributed by atoms with Crippen LogP contribution in [-0.4, -0.2) is 12.1 Å². The van der Waals surface area contributed by atoms with Gasteiger partial charge in [-0.25, -0.2) is 0 Å². The second-order valence-corrected chi connectivity index (χ2v) is 4.68. The Hall–Kier alpha value is -1.44. The Morgan fingerprint density at radius 1 is 1.19 bits per heavy atom. The molecule has 1 aromatic carbocycles. The predicted octanol–water partition coefficient (Wildman–Crippen LogP) is 3.36. The fourth-order valence-corrected chi connectivity index (χ4v) is 2.77. The zero-order chi connectivity index (χ0) is 11.1. The smallest absolute Gasteiger partial charge is 0.143 e. The molecule has 84 valence electrons. The Labute approximate surface area is 95.6 Å². The van der Waals surface area contributed by atoms with Crippen LogP contribution in [0.4, 0.5) is 0 Å². The van der Waals surface area contributed by atoms with Gasteiger partial charge in [-0.05, 0) is 55.9 Å². The van der Waals surface area contributed by atoms with Crippen molar-refractivity contribution >= 4 is 10.9 Å². The third kappa shape index (κ3) is 1.33. The van der Waals surface area contributed by atoms with Gasteiger partial charge in [0.2, 0.25) is 0 Å². The van der Waals surface area contributed by atoms with Gasteiger partial charge in [-0.2, -0.15) is 0 Å². The number of benzene rings is 1. The topological polar surface area (TPSA) is 25.0 Å². The molecule has 3 rings (SSSR count). The maximum atomic E-state index is 5.45. The third-order valence-corrected chi connectivity index (χ3v) is 3.54. The first-order valence-electron chi connectivity index (χ1n) is 5.97. The third-order valence-electron chi connectivity index (χ3n) is 3.54. The molecular formula is C14H17NO. The first kappa shape index (κ1) is 9.76. The number of rotatable bonds is 1. The van der Waals surface area contributed by atoms with Crippen molar-refractivity contribution < 1.29 is 4.74 Å². The van der Waals surface area contributed by atoms with Gasteiger partial charge in [0.1, 0.15) is 5.75 Å². The van der Waals surface area contributed by atoms with E-state index in [0.29, 0.717) is 0 Å². The summed E-state index contributed by atoms with van der Waals surface area (Å²) >= 11 is 0. The number of H-pyrrole nitrogens is 1. The number of methoxy groups -OCH3 is 1. The highest BCUT2D eigenvalue weighted by molar-refractivity contribution is 5.90. The Kier molecular flexibility index (Phi) is 2.16. The van der Waals surface area contributed by atoms with Gasteiger partial charge in [0, 0.05) is 11.1 Å². The summed E-state index contributed by atoms with van der Waals surface area (Å²) < 4.78 is 5.45. The number of aromatic nitrogens is 1. The van der Waals surface area contributed by atoms with Gasteiger partial charge in [-0.3, -0.25) is 0 Å². The highest BCUT2D eigenvalue weighted by atomic mass is 16.5. The number of nitrogens with one attached hydrogen (secondary N) is 1. The molecule has 1 heterocycles. The molecular weight excluding hydrogens is 198 g/mol. The van der Waals surface area contributed by atoms with E-state index in [1.54, 1.807) is 7.11 Å². The van der Waals surface area contributed by atoms with Gasteiger partial charge in [0.25, 0.3) is 0 Å². The molecule has 1 aliphatic rings. The maximum Gasteiger partial charge on any atom is 0.143 e. The van der Waals surface area contributed by atoms with E-state index in [0.717, 1.165) is 5.75 Å². The Bertz CT molecular complexity index is 539. The van der Waals surface area contributed by atoms with Crippen LogP contribution in [0.25, 0.3) is 10.9 Å². The van der Waals surface area contributed by atoms with Crippen LogP contribution >= 0.6 is 0 Å². The zero-order valence-corrected chi connectivity index (χ0v) is 9.89. The monoisotopic (exact) mass is 215 g/mol. The van der Waals surface area contributed by atoms with Gasteiger partial charge in [0.05, 0.1) is 12.6 Å². The minimum Gasteiger partial charge on any atom is -0.495 e. The Morgan fingerprint density at radius 3 is 2.81 bits per heavy atom. The molecule has 2 nitrogen and oxygen atoms in total. The lowest BCUT2D eigenvalue weighted by atomic mass is 9.95. The van der Waals surface area contributed by atoms with E-state index in [9.17, 15) is 0 Å². The first-order chi connectivity index (χ1) is 7.79. The molecule has 2 aromatic rings. The van der Waals surface area contributed by atoms with Crippen LogP contribution in [0.1, 0.15) is 29.7 Å². The summed E-state index contributed by atoms with van der Waals surface area (Å²) in [6.07, 6.45) is 5.02. The molecule has 0 bridgehead atoms. The van der Waals surface area contributed by atoms with Crippen molar-refractivity contribution in [2.75, 3.05) is 7.11 Å². The van der Waals surface area contributed by atoms with Crippen molar-refractivity contribution in [2.45, 2.75) is 32.6 Å². The highest BCUT2D eigenvalue weighted by Gasteiger charge is 2.17. The van der Waals surface area contributed by atoms with Gasteiger partial charge < -0.3 is 9.72 Å². The van der Waals surface area contributed by atoms with Crippen molar-refractivity contribution in [1.82, 2.24) is 4.98 Å². The maximum absolute atomic E-state index is 5.45. The largest absolute Gasteiger partial charge is 0.495 e. The molecule has 0 amide bonds. The molecule has 1 aromatic heterocycles. The average molecular weight is 215 g/mol. The van der Waals surface area contributed by atoms with Crippen LogP contribution < -0.4 is 4.74 Å². The Morgan fingerprint density at radius 2 is 2.00 bits per heavy atom. The molecule has 0 unspecified atom stereocenters. The Balaban J connectivity index is 2.33. The standard InChI is InChI=1S/C14H17NO/c1-9-7-11-10-5-3-4-6-12(10)15-14(11)13(8-9)16-2/h7-8,15H,3-6H2,1-2H3.